The third-order valence-corrected chi connectivity index (χ3v) is 5.21. The lowest BCUT2D eigenvalue weighted by Gasteiger charge is -2.07. The van der Waals surface area contributed by atoms with E-state index in [2.05, 4.69) is 9.71 Å². The van der Waals surface area contributed by atoms with Gasteiger partial charge >= 0.3 is 0 Å². The summed E-state index contributed by atoms with van der Waals surface area (Å²) in [6, 6.07) is 14.3. The zero-order valence-electron chi connectivity index (χ0n) is 12.7. The highest BCUT2D eigenvalue weighted by Gasteiger charge is 2.13. The molecule has 5 nitrogen and oxygen atoms in total. The molecule has 0 unspecified atom stereocenters. The summed E-state index contributed by atoms with van der Waals surface area (Å²) >= 11 is 0. The van der Waals surface area contributed by atoms with E-state index in [1.165, 1.54) is 12.1 Å². The molecule has 0 fully saturated rings. The summed E-state index contributed by atoms with van der Waals surface area (Å²) in [5.74, 6) is 0.628. The summed E-state index contributed by atoms with van der Waals surface area (Å²) in [6.07, 6.45) is 2.55. The van der Waals surface area contributed by atoms with Gasteiger partial charge in [-0.25, -0.2) is 13.1 Å². The number of benzene rings is 2. The molecule has 6 heteroatoms. The first kappa shape index (κ1) is 15.6. The van der Waals surface area contributed by atoms with Crippen LogP contribution in [0.3, 0.4) is 0 Å². The first-order valence-electron chi connectivity index (χ1n) is 7.29. The third kappa shape index (κ3) is 3.38. The fraction of sp³-hybridized carbons (Fsp3) is 0.176. The van der Waals surface area contributed by atoms with Gasteiger partial charge < -0.3 is 9.72 Å². The third-order valence-electron chi connectivity index (χ3n) is 3.73. The van der Waals surface area contributed by atoms with Crippen molar-refractivity contribution in [2.75, 3.05) is 13.7 Å². The number of aromatic amines is 1. The fourth-order valence-corrected chi connectivity index (χ4v) is 3.53. The predicted molar refractivity (Wildman–Crippen MR) is 90.2 cm³/mol. The van der Waals surface area contributed by atoms with Crippen LogP contribution in [-0.4, -0.2) is 27.1 Å². The Balaban J connectivity index is 1.67. The van der Waals surface area contributed by atoms with Crippen LogP contribution in [0.4, 0.5) is 0 Å². The maximum absolute atomic E-state index is 12.3. The highest BCUT2D eigenvalue weighted by Crippen LogP contribution is 2.18. The van der Waals surface area contributed by atoms with Gasteiger partial charge in [-0.1, -0.05) is 18.2 Å². The van der Waals surface area contributed by atoms with E-state index in [0.717, 1.165) is 16.5 Å². The number of sulfonamides is 1. The zero-order valence-corrected chi connectivity index (χ0v) is 13.6. The number of fused-ring (bicyclic) bond motifs is 1. The monoisotopic (exact) mass is 330 g/mol. The largest absolute Gasteiger partial charge is 0.497 e. The molecule has 2 N–H and O–H groups in total. The van der Waals surface area contributed by atoms with Crippen LogP contribution >= 0.6 is 0 Å². The van der Waals surface area contributed by atoms with Crippen LogP contribution in [0.1, 0.15) is 5.56 Å². The predicted octanol–water partition coefficient (Wildman–Crippen LogP) is 2.70. The molecule has 0 aliphatic rings. The molecule has 0 atom stereocenters. The van der Waals surface area contributed by atoms with Crippen molar-refractivity contribution in [3.8, 4) is 5.75 Å². The Hall–Kier alpha value is -2.31. The highest BCUT2D eigenvalue weighted by atomic mass is 32.2. The Kier molecular flexibility index (Phi) is 4.36. The molecule has 0 saturated heterocycles. The molecule has 120 valence electrons. The number of nitrogens with one attached hydrogen (secondary N) is 2. The Morgan fingerprint density at radius 2 is 1.83 bits per heavy atom. The average molecular weight is 330 g/mol. The lowest BCUT2D eigenvalue weighted by molar-refractivity contribution is 0.414. The number of ether oxygens (including phenoxy) is 1. The van der Waals surface area contributed by atoms with Crippen molar-refractivity contribution in [3.63, 3.8) is 0 Å². The molecule has 23 heavy (non-hydrogen) atoms. The van der Waals surface area contributed by atoms with E-state index in [9.17, 15) is 8.42 Å². The van der Waals surface area contributed by atoms with Gasteiger partial charge in [-0.15, -0.1) is 0 Å². The average Bonchev–Trinajstić information content (AvgIpc) is 2.98. The van der Waals surface area contributed by atoms with Crippen LogP contribution in [0, 0.1) is 0 Å². The second-order valence-electron chi connectivity index (χ2n) is 5.18. The standard InChI is InChI=1S/C17H18N2O3S/c1-22-14-6-8-15(9-7-14)23(20,21)19-11-10-13-12-18-17-5-3-2-4-16(13)17/h2-9,12,18-19H,10-11H2,1H3. The second-order valence-corrected chi connectivity index (χ2v) is 6.95. The molecule has 0 amide bonds. The number of rotatable bonds is 6. The summed E-state index contributed by atoms with van der Waals surface area (Å²) in [6.45, 7) is 0.343. The van der Waals surface area contributed by atoms with E-state index in [-0.39, 0.29) is 4.90 Å². The Bertz CT molecular complexity index is 899. The summed E-state index contributed by atoms with van der Waals surface area (Å²) in [7, 11) is -1.96. The second kappa shape index (κ2) is 6.44. The number of hydrogen-bond acceptors (Lipinski definition) is 3. The fourth-order valence-electron chi connectivity index (χ4n) is 2.50. The van der Waals surface area contributed by atoms with Gasteiger partial charge in [0.05, 0.1) is 12.0 Å². The van der Waals surface area contributed by atoms with Crippen molar-refractivity contribution in [1.29, 1.82) is 0 Å². The van der Waals surface area contributed by atoms with Crippen LogP contribution in [-0.2, 0) is 16.4 Å². The summed E-state index contributed by atoms with van der Waals surface area (Å²) in [4.78, 5) is 3.42. The van der Waals surface area contributed by atoms with E-state index in [1.54, 1.807) is 19.2 Å². The summed E-state index contributed by atoms with van der Waals surface area (Å²) in [5, 5.41) is 1.12. The van der Waals surface area contributed by atoms with Gasteiger partial charge in [0.15, 0.2) is 0 Å². The van der Waals surface area contributed by atoms with Crippen molar-refractivity contribution >= 4 is 20.9 Å². The minimum atomic E-state index is -3.51. The number of para-hydroxylation sites is 1. The van der Waals surface area contributed by atoms with Gasteiger partial charge in [0.25, 0.3) is 0 Å². The molecule has 0 bridgehead atoms. The Morgan fingerprint density at radius 1 is 1.09 bits per heavy atom. The van der Waals surface area contributed by atoms with Crippen molar-refractivity contribution in [1.82, 2.24) is 9.71 Å². The topological polar surface area (TPSA) is 71.2 Å². The number of methoxy groups -OCH3 is 1. The highest BCUT2D eigenvalue weighted by molar-refractivity contribution is 7.89. The first-order valence-corrected chi connectivity index (χ1v) is 8.77. The molecule has 2 aromatic carbocycles. The van der Waals surface area contributed by atoms with E-state index >= 15 is 0 Å². The van der Waals surface area contributed by atoms with Crippen molar-refractivity contribution in [2.24, 2.45) is 0 Å². The van der Waals surface area contributed by atoms with Gasteiger partial charge in [-0.2, -0.15) is 0 Å². The van der Waals surface area contributed by atoms with Crippen molar-refractivity contribution in [3.05, 3.63) is 60.3 Å². The van der Waals surface area contributed by atoms with Gasteiger partial charge in [-0.05, 0) is 42.3 Å². The molecule has 1 heterocycles. The lowest BCUT2D eigenvalue weighted by atomic mass is 10.1. The molecule has 3 aromatic rings. The van der Waals surface area contributed by atoms with Crippen LogP contribution in [0.5, 0.6) is 5.75 Å². The van der Waals surface area contributed by atoms with Crippen molar-refractivity contribution in [2.45, 2.75) is 11.3 Å². The molecule has 1 aromatic heterocycles. The molecular formula is C17H18N2O3S. The van der Waals surface area contributed by atoms with Crippen LogP contribution in [0.15, 0.2) is 59.6 Å². The van der Waals surface area contributed by atoms with Gasteiger partial charge in [-0.3, -0.25) is 0 Å². The molecule has 0 spiro atoms. The first-order chi connectivity index (χ1) is 11.1. The quantitative estimate of drug-likeness (QED) is 0.730. The minimum absolute atomic E-state index is 0.234. The lowest BCUT2D eigenvalue weighted by Crippen LogP contribution is -2.25. The van der Waals surface area contributed by atoms with Gasteiger partial charge in [0, 0.05) is 23.6 Å². The van der Waals surface area contributed by atoms with Gasteiger partial charge in [0.1, 0.15) is 5.75 Å². The van der Waals surface area contributed by atoms with Gasteiger partial charge in [0.2, 0.25) is 10.0 Å². The van der Waals surface area contributed by atoms with E-state index < -0.39 is 10.0 Å². The summed E-state index contributed by atoms with van der Waals surface area (Å²) < 4.78 is 32.2. The summed E-state index contributed by atoms with van der Waals surface area (Å²) in [5.41, 5.74) is 2.15. The van der Waals surface area contributed by atoms with Crippen LogP contribution in [0.25, 0.3) is 10.9 Å². The zero-order chi connectivity index (χ0) is 16.3. The van der Waals surface area contributed by atoms with Crippen molar-refractivity contribution < 1.29 is 13.2 Å². The smallest absolute Gasteiger partial charge is 0.240 e. The van der Waals surface area contributed by atoms with Crippen LogP contribution in [0.2, 0.25) is 0 Å². The van der Waals surface area contributed by atoms with E-state index in [1.807, 2.05) is 30.5 Å². The number of hydrogen-bond donors (Lipinski definition) is 2. The van der Waals surface area contributed by atoms with E-state index in [4.69, 9.17) is 4.74 Å². The van der Waals surface area contributed by atoms with Crippen LogP contribution < -0.4 is 9.46 Å². The minimum Gasteiger partial charge on any atom is -0.497 e. The molecule has 0 saturated carbocycles. The molecular weight excluding hydrogens is 312 g/mol. The molecule has 0 aliphatic heterocycles. The van der Waals surface area contributed by atoms with E-state index in [0.29, 0.717) is 18.7 Å². The molecule has 0 radical (unpaired) electrons. The normalized spacial score (nSPS) is 11.7. The number of H-pyrrole nitrogens is 1. The Labute approximate surface area is 135 Å². The maximum Gasteiger partial charge on any atom is 0.240 e. The maximum atomic E-state index is 12.3. The number of aromatic nitrogens is 1. The SMILES string of the molecule is COc1ccc(S(=O)(=O)NCCc2c[nH]c3ccccc23)cc1. The Morgan fingerprint density at radius 3 is 2.57 bits per heavy atom. The molecule has 3 rings (SSSR count). The molecule has 0 aliphatic carbocycles.